The quantitative estimate of drug-likeness (QED) is 0.508. The van der Waals surface area contributed by atoms with Crippen LogP contribution in [0.5, 0.6) is 0 Å². The van der Waals surface area contributed by atoms with E-state index in [0.717, 1.165) is 19.3 Å². The van der Waals surface area contributed by atoms with E-state index in [4.69, 9.17) is 4.74 Å². The van der Waals surface area contributed by atoms with Gasteiger partial charge in [-0.3, -0.25) is 0 Å². The molecule has 0 aliphatic heterocycles. The molecule has 0 amide bonds. The third-order valence-corrected chi connectivity index (χ3v) is 1.91. The zero-order valence-electron chi connectivity index (χ0n) is 9.45. The molecule has 0 heterocycles. The van der Waals surface area contributed by atoms with Crippen molar-refractivity contribution in [2.45, 2.75) is 52.6 Å². The summed E-state index contributed by atoms with van der Waals surface area (Å²) in [7, 11) is 0. The maximum absolute atomic E-state index is 11.2. The monoisotopic (exact) mass is 202 g/mol. The van der Waals surface area contributed by atoms with E-state index in [9.17, 15) is 9.90 Å². The van der Waals surface area contributed by atoms with Crippen LogP contribution >= 0.6 is 0 Å². The fourth-order valence-electron chi connectivity index (χ4n) is 1.05. The Hall–Kier alpha value is -0.570. The molecule has 0 aromatic heterocycles. The highest BCUT2D eigenvalue weighted by molar-refractivity contribution is 5.74. The van der Waals surface area contributed by atoms with Gasteiger partial charge in [0.2, 0.25) is 0 Å². The molecule has 1 unspecified atom stereocenters. The number of aliphatic hydroxyl groups excluding tert-OH is 1. The average Bonchev–Trinajstić information content (AvgIpc) is 2.14. The summed E-state index contributed by atoms with van der Waals surface area (Å²) in [6.07, 6.45) is 2.61. The highest BCUT2D eigenvalue weighted by atomic mass is 16.5. The van der Waals surface area contributed by atoms with Crippen molar-refractivity contribution < 1.29 is 14.6 Å². The average molecular weight is 202 g/mol. The Morgan fingerprint density at radius 2 is 2.00 bits per heavy atom. The Bertz CT molecular complexity index is 155. The summed E-state index contributed by atoms with van der Waals surface area (Å²) >= 11 is 0. The van der Waals surface area contributed by atoms with Crippen LogP contribution in [-0.2, 0) is 9.53 Å². The molecule has 0 saturated heterocycles. The van der Waals surface area contributed by atoms with Crippen LogP contribution in [0.15, 0.2) is 0 Å². The maximum atomic E-state index is 11.2. The van der Waals surface area contributed by atoms with Gasteiger partial charge in [0.1, 0.15) is 0 Å². The normalized spacial score (nSPS) is 12.9. The molecule has 1 N–H and O–H groups in total. The maximum Gasteiger partial charge on any atom is 0.334 e. The van der Waals surface area contributed by atoms with Crippen LogP contribution in [0.1, 0.15) is 46.5 Å². The molecule has 0 aromatic rings. The Labute approximate surface area is 86.5 Å². The van der Waals surface area contributed by atoms with E-state index in [2.05, 4.69) is 6.92 Å². The Balaban J connectivity index is 3.54. The van der Waals surface area contributed by atoms with Crippen LogP contribution in [0.2, 0.25) is 0 Å². The van der Waals surface area contributed by atoms with Gasteiger partial charge in [-0.2, -0.15) is 0 Å². The lowest BCUT2D eigenvalue weighted by molar-refractivity contribution is -0.155. The Morgan fingerprint density at radius 1 is 1.36 bits per heavy atom. The summed E-state index contributed by atoms with van der Waals surface area (Å²) in [5.41, 5.74) is 0. The fraction of sp³-hybridized carbons (Fsp3) is 0.909. The van der Waals surface area contributed by atoms with Crippen LogP contribution in [0, 0.1) is 5.92 Å². The first-order chi connectivity index (χ1) is 6.57. The number of ether oxygens (including phenoxy) is 1. The predicted molar refractivity (Wildman–Crippen MR) is 55.9 cm³/mol. The minimum absolute atomic E-state index is 0.321. The van der Waals surface area contributed by atoms with E-state index in [1.807, 2.05) is 13.8 Å². The van der Waals surface area contributed by atoms with Crippen molar-refractivity contribution in [2.24, 2.45) is 5.92 Å². The van der Waals surface area contributed by atoms with Gasteiger partial charge in [-0.15, -0.1) is 0 Å². The first-order valence-corrected chi connectivity index (χ1v) is 5.42. The molecule has 3 nitrogen and oxygen atoms in total. The van der Waals surface area contributed by atoms with Gasteiger partial charge in [-0.1, -0.05) is 40.0 Å². The van der Waals surface area contributed by atoms with Crippen molar-refractivity contribution in [3.05, 3.63) is 0 Å². The van der Waals surface area contributed by atoms with Gasteiger partial charge in [0, 0.05) is 0 Å². The second kappa shape index (κ2) is 7.80. The van der Waals surface area contributed by atoms with Crippen LogP contribution in [0.4, 0.5) is 0 Å². The van der Waals surface area contributed by atoms with E-state index in [1.165, 1.54) is 0 Å². The van der Waals surface area contributed by atoms with Gasteiger partial charge in [-0.05, 0) is 12.3 Å². The van der Waals surface area contributed by atoms with E-state index in [-0.39, 0.29) is 0 Å². The van der Waals surface area contributed by atoms with Gasteiger partial charge >= 0.3 is 5.97 Å². The molecular weight excluding hydrogens is 180 g/mol. The summed E-state index contributed by atoms with van der Waals surface area (Å²) in [6, 6.07) is 0. The smallest absolute Gasteiger partial charge is 0.334 e. The third-order valence-electron chi connectivity index (χ3n) is 1.91. The molecule has 0 aliphatic rings. The largest absolute Gasteiger partial charge is 0.464 e. The van der Waals surface area contributed by atoms with Crippen LogP contribution in [0.25, 0.3) is 0 Å². The van der Waals surface area contributed by atoms with E-state index in [0.29, 0.717) is 18.9 Å². The number of esters is 1. The number of hydrogen-bond donors (Lipinski definition) is 1. The lowest BCUT2D eigenvalue weighted by Crippen LogP contribution is -2.24. The first kappa shape index (κ1) is 13.4. The van der Waals surface area contributed by atoms with Gasteiger partial charge < -0.3 is 9.84 Å². The van der Waals surface area contributed by atoms with Gasteiger partial charge in [0.25, 0.3) is 0 Å². The van der Waals surface area contributed by atoms with Crippen molar-refractivity contribution in [1.29, 1.82) is 0 Å². The summed E-state index contributed by atoms with van der Waals surface area (Å²) in [6.45, 7) is 6.42. The highest BCUT2D eigenvalue weighted by Gasteiger charge is 2.15. The molecule has 0 aliphatic carbocycles. The Morgan fingerprint density at radius 3 is 2.50 bits per heavy atom. The molecule has 14 heavy (non-hydrogen) atoms. The molecule has 0 spiro atoms. The zero-order valence-corrected chi connectivity index (χ0v) is 9.45. The summed E-state index contributed by atoms with van der Waals surface area (Å²) in [4.78, 5) is 11.2. The number of aliphatic hydroxyl groups is 1. The second-order valence-electron chi connectivity index (χ2n) is 4.04. The molecule has 0 saturated carbocycles. The van der Waals surface area contributed by atoms with Gasteiger partial charge in [0.15, 0.2) is 6.10 Å². The van der Waals surface area contributed by atoms with Crippen molar-refractivity contribution in [2.75, 3.05) is 6.61 Å². The fourth-order valence-corrected chi connectivity index (χ4v) is 1.05. The first-order valence-electron chi connectivity index (χ1n) is 5.42. The number of rotatable bonds is 7. The summed E-state index contributed by atoms with van der Waals surface area (Å²) < 4.78 is 4.91. The van der Waals surface area contributed by atoms with E-state index >= 15 is 0 Å². The predicted octanol–water partition coefficient (Wildman–Crippen LogP) is 2.13. The standard InChI is InChI=1S/C11H22O3/c1-4-5-6-7-10(12)11(13)14-8-9(2)3/h9-10,12H,4-8H2,1-3H3. The van der Waals surface area contributed by atoms with Gasteiger partial charge in [0.05, 0.1) is 6.61 Å². The van der Waals surface area contributed by atoms with Crippen LogP contribution in [0.3, 0.4) is 0 Å². The molecule has 0 radical (unpaired) electrons. The van der Waals surface area contributed by atoms with Crippen LogP contribution < -0.4 is 0 Å². The molecular formula is C11H22O3. The van der Waals surface area contributed by atoms with Crippen molar-refractivity contribution >= 4 is 5.97 Å². The molecule has 0 bridgehead atoms. The topological polar surface area (TPSA) is 46.5 Å². The van der Waals surface area contributed by atoms with E-state index in [1.54, 1.807) is 0 Å². The molecule has 84 valence electrons. The Kier molecular flexibility index (Phi) is 7.48. The molecule has 0 fully saturated rings. The molecule has 3 heteroatoms. The van der Waals surface area contributed by atoms with E-state index < -0.39 is 12.1 Å². The second-order valence-corrected chi connectivity index (χ2v) is 4.04. The summed E-state index contributed by atoms with van der Waals surface area (Å²) in [5, 5.41) is 9.38. The number of hydrogen-bond acceptors (Lipinski definition) is 3. The highest BCUT2D eigenvalue weighted by Crippen LogP contribution is 2.05. The minimum Gasteiger partial charge on any atom is -0.464 e. The number of carbonyl (C=O) groups is 1. The minimum atomic E-state index is -0.930. The number of unbranched alkanes of at least 4 members (excludes halogenated alkanes) is 2. The lowest BCUT2D eigenvalue weighted by Gasteiger charge is -2.11. The molecule has 0 rings (SSSR count). The van der Waals surface area contributed by atoms with Crippen molar-refractivity contribution in [1.82, 2.24) is 0 Å². The summed E-state index contributed by atoms with van der Waals surface area (Å²) in [5.74, 6) is -0.156. The zero-order chi connectivity index (χ0) is 11.0. The lowest BCUT2D eigenvalue weighted by atomic mass is 10.1. The van der Waals surface area contributed by atoms with Gasteiger partial charge in [-0.25, -0.2) is 4.79 Å². The third kappa shape index (κ3) is 6.89. The number of carbonyl (C=O) groups excluding carboxylic acids is 1. The van der Waals surface area contributed by atoms with Crippen LogP contribution in [-0.4, -0.2) is 23.8 Å². The molecule has 1 atom stereocenters. The SMILES string of the molecule is CCCCCC(O)C(=O)OCC(C)C. The molecule has 0 aromatic carbocycles. The van der Waals surface area contributed by atoms with Crippen molar-refractivity contribution in [3.8, 4) is 0 Å². The van der Waals surface area contributed by atoms with Crippen molar-refractivity contribution in [3.63, 3.8) is 0 Å².